The van der Waals surface area contributed by atoms with E-state index in [1.807, 2.05) is 24.3 Å². The van der Waals surface area contributed by atoms with Crippen LogP contribution in [0.3, 0.4) is 0 Å². The van der Waals surface area contributed by atoms with Gasteiger partial charge in [-0.2, -0.15) is 0 Å². The monoisotopic (exact) mass is 269 g/mol. The lowest BCUT2D eigenvalue weighted by Gasteiger charge is -2.22. The summed E-state index contributed by atoms with van der Waals surface area (Å²) in [6.07, 6.45) is 2.54. The largest absolute Gasteiger partial charge is 0.492 e. The molecule has 1 aliphatic heterocycles. The fraction of sp³-hybridized carbons (Fsp3) is 0.500. The second-order valence-corrected chi connectivity index (χ2v) is 4.81. The van der Waals surface area contributed by atoms with E-state index in [2.05, 4.69) is 21.2 Å². The van der Waals surface area contributed by atoms with Gasteiger partial charge in [0, 0.05) is 12.5 Å². The van der Waals surface area contributed by atoms with Crippen LogP contribution in [0.4, 0.5) is 0 Å². The molecule has 1 aromatic rings. The molecule has 0 spiro atoms. The van der Waals surface area contributed by atoms with E-state index in [1.165, 1.54) is 12.8 Å². The molecule has 0 saturated carbocycles. The maximum atomic E-state index is 5.79. The number of hydrogen-bond acceptors (Lipinski definition) is 2. The highest BCUT2D eigenvalue weighted by Crippen LogP contribution is 2.24. The highest BCUT2D eigenvalue weighted by molar-refractivity contribution is 9.10. The second-order valence-electron chi connectivity index (χ2n) is 3.95. The number of para-hydroxylation sites is 1. The van der Waals surface area contributed by atoms with E-state index in [1.54, 1.807) is 0 Å². The van der Waals surface area contributed by atoms with Crippen LogP contribution in [0.25, 0.3) is 0 Å². The third kappa shape index (κ3) is 3.21. The normalized spacial score (nSPS) is 21.3. The van der Waals surface area contributed by atoms with Gasteiger partial charge in [0.2, 0.25) is 0 Å². The molecule has 1 saturated heterocycles. The van der Waals surface area contributed by atoms with Gasteiger partial charge in [0.1, 0.15) is 5.75 Å². The average Bonchev–Trinajstić information content (AvgIpc) is 2.29. The predicted molar refractivity (Wildman–Crippen MR) is 65.2 cm³/mol. The van der Waals surface area contributed by atoms with Gasteiger partial charge in [-0.25, -0.2) is 0 Å². The number of ether oxygens (including phenoxy) is 1. The van der Waals surface area contributed by atoms with Gasteiger partial charge >= 0.3 is 0 Å². The molecule has 1 atom stereocenters. The Labute approximate surface area is 99.1 Å². The molecule has 0 unspecified atom stereocenters. The Balaban J connectivity index is 1.84. The van der Waals surface area contributed by atoms with Gasteiger partial charge in [-0.3, -0.25) is 0 Å². The molecule has 0 amide bonds. The van der Waals surface area contributed by atoms with Crippen LogP contribution in [-0.2, 0) is 0 Å². The molecule has 0 bridgehead atoms. The predicted octanol–water partition coefficient (Wildman–Crippen LogP) is 2.83. The van der Waals surface area contributed by atoms with Crippen LogP contribution < -0.4 is 10.1 Å². The highest BCUT2D eigenvalue weighted by atomic mass is 79.9. The molecular formula is C12H16BrNO. The first-order valence-electron chi connectivity index (χ1n) is 5.44. The summed E-state index contributed by atoms with van der Waals surface area (Å²) in [6.45, 7) is 3.06. The number of nitrogens with one attached hydrogen (secondary N) is 1. The van der Waals surface area contributed by atoms with Crippen LogP contribution in [-0.4, -0.2) is 19.7 Å². The number of rotatable bonds is 3. The quantitative estimate of drug-likeness (QED) is 0.911. The lowest BCUT2D eigenvalue weighted by molar-refractivity contribution is 0.217. The lowest BCUT2D eigenvalue weighted by Crippen LogP contribution is -2.33. The van der Waals surface area contributed by atoms with E-state index in [0.29, 0.717) is 5.92 Å². The van der Waals surface area contributed by atoms with Crippen molar-refractivity contribution in [2.24, 2.45) is 5.92 Å². The van der Waals surface area contributed by atoms with Crippen molar-refractivity contribution in [3.63, 3.8) is 0 Å². The van der Waals surface area contributed by atoms with Crippen molar-refractivity contribution in [3.8, 4) is 5.75 Å². The Hall–Kier alpha value is -0.540. The average molecular weight is 270 g/mol. The molecule has 1 fully saturated rings. The SMILES string of the molecule is Brc1ccccc1OC[C@H]1CCCNC1. The van der Waals surface area contributed by atoms with Crippen LogP contribution in [0.5, 0.6) is 5.75 Å². The first kappa shape index (κ1) is 11.0. The molecule has 1 heterocycles. The third-order valence-electron chi connectivity index (χ3n) is 2.71. The summed E-state index contributed by atoms with van der Waals surface area (Å²) < 4.78 is 6.83. The molecule has 1 N–H and O–H groups in total. The minimum Gasteiger partial charge on any atom is -0.492 e. The summed E-state index contributed by atoms with van der Waals surface area (Å²) in [5.74, 6) is 1.61. The van der Waals surface area contributed by atoms with Crippen LogP contribution in [0.2, 0.25) is 0 Å². The van der Waals surface area contributed by atoms with Gasteiger partial charge in [0.15, 0.2) is 0 Å². The van der Waals surface area contributed by atoms with Crippen molar-refractivity contribution in [2.75, 3.05) is 19.7 Å². The maximum absolute atomic E-state index is 5.79. The van der Waals surface area contributed by atoms with E-state index >= 15 is 0 Å². The van der Waals surface area contributed by atoms with E-state index < -0.39 is 0 Å². The number of piperidine rings is 1. The van der Waals surface area contributed by atoms with Crippen molar-refractivity contribution in [3.05, 3.63) is 28.7 Å². The summed E-state index contributed by atoms with van der Waals surface area (Å²) in [4.78, 5) is 0. The Morgan fingerprint density at radius 1 is 1.40 bits per heavy atom. The van der Waals surface area contributed by atoms with E-state index in [9.17, 15) is 0 Å². The van der Waals surface area contributed by atoms with Crippen molar-refractivity contribution >= 4 is 15.9 Å². The maximum Gasteiger partial charge on any atom is 0.133 e. The van der Waals surface area contributed by atoms with Crippen molar-refractivity contribution in [1.29, 1.82) is 0 Å². The standard InChI is InChI=1S/C12H16BrNO/c13-11-5-1-2-6-12(11)15-9-10-4-3-7-14-8-10/h1-2,5-6,10,14H,3-4,7-9H2/t10-/m0/s1. The van der Waals surface area contributed by atoms with Crippen LogP contribution in [0.15, 0.2) is 28.7 Å². The summed E-state index contributed by atoms with van der Waals surface area (Å²) in [5, 5.41) is 3.39. The smallest absolute Gasteiger partial charge is 0.133 e. The lowest BCUT2D eigenvalue weighted by atomic mass is 10.0. The van der Waals surface area contributed by atoms with Gasteiger partial charge in [-0.05, 0) is 47.4 Å². The molecule has 1 aliphatic rings. The first-order valence-corrected chi connectivity index (χ1v) is 6.23. The molecule has 82 valence electrons. The summed E-state index contributed by atoms with van der Waals surface area (Å²) in [6, 6.07) is 8.01. The fourth-order valence-electron chi connectivity index (χ4n) is 1.84. The number of benzene rings is 1. The number of hydrogen-bond donors (Lipinski definition) is 1. The van der Waals surface area contributed by atoms with Gasteiger partial charge in [-0.15, -0.1) is 0 Å². The fourth-order valence-corrected chi connectivity index (χ4v) is 2.23. The van der Waals surface area contributed by atoms with Gasteiger partial charge in [-0.1, -0.05) is 12.1 Å². The van der Waals surface area contributed by atoms with Crippen LogP contribution >= 0.6 is 15.9 Å². The molecular weight excluding hydrogens is 254 g/mol. The highest BCUT2D eigenvalue weighted by Gasteiger charge is 2.13. The van der Waals surface area contributed by atoms with Crippen LogP contribution in [0.1, 0.15) is 12.8 Å². The Kier molecular flexibility index (Phi) is 4.03. The first-order chi connectivity index (χ1) is 7.36. The molecule has 2 rings (SSSR count). The molecule has 15 heavy (non-hydrogen) atoms. The molecule has 1 aromatic carbocycles. The topological polar surface area (TPSA) is 21.3 Å². The minimum atomic E-state index is 0.658. The second kappa shape index (κ2) is 5.52. The summed E-state index contributed by atoms with van der Waals surface area (Å²) in [5.41, 5.74) is 0. The van der Waals surface area contributed by atoms with E-state index in [4.69, 9.17) is 4.74 Å². The van der Waals surface area contributed by atoms with Gasteiger partial charge in [0.05, 0.1) is 11.1 Å². The van der Waals surface area contributed by atoms with E-state index in [-0.39, 0.29) is 0 Å². The van der Waals surface area contributed by atoms with Crippen molar-refractivity contribution in [2.45, 2.75) is 12.8 Å². The summed E-state index contributed by atoms with van der Waals surface area (Å²) in [7, 11) is 0. The zero-order valence-electron chi connectivity index (χ0n) is 8.71. The number of halogens is 1. The Morgan fingerprint density at radius 2 is 2.27 bits per heavy atom. The molecule has 2 nitrogen and oxygen atoms in total. The van der Waals surface area contributed by atoms with Crippen molar-refractivity contribution in [1.82, 2.24) is 5.32 Å². The Morgan fingerprint density at radius 3 is 3.00 bits per heavy atom. The minimum absolute atomic E-state index is 0.658. The molecule has 0 radical (unpaired) electrons. The summed E-state index contributed by atoms with van der Waals surface area (Å²) >= 11 is 3.48. The zero-order valence-corrected chi connectivity index (χ0v) is 10.3. The van der Waals surface area contributed by atoms with Gasteiger partial charge < -0.3 is 10.1 Å². The molecule has 3 heteroatoms. The Bertz CT molecular complexity index is 310. The van der Waals surface area contributed by atoms with Gasteiger partial charge in [0.25, 0.3) is 0 Å². The van der Waals surface area contributed by atoms with E-state index in [0.717, 1.165) is 29.9 Å². The third-order valence-corrected chi connectivity index (χ3v) is 3.37. The van der Waals surface area contributed by atoms with Crippen molar-refractivity contribution < 1.29 is 4.74 Å². The molecule has 0 aromatic heterocycles. The molecule has 0 aliphatic carbocycles. The van der Waals surface area contributed by atoms with Crippen LogP contribution in [0, 0.1) is 5.92 Å². The zero-order chi connectivity index (χ0) is 10.5.